The number of aliphatic hydroxyl groups is 1. The molecule has 0 radical (unpaired) electrons. The van der Waals surface area contributed by atoms with Crippen molar-refractivity contribution in [1.82, 2.24) is 20.1 Å². The molecule has 0 saturated carbocycles. The van der Waals surface area contributed by atoms with E-state index in [1.54, 1.807) is 0 Å². The number of aromatic nitrogens is 1. The van der Waals surface area contributed by atoms with Crippen LogP contribution in [0.3, 0.4) is 0 Å². The Morgan fingerprint density at radius 3 is 2.43 bits per heavy atom. The van der Waals surface area contributed by atoms with Crippen molar-refractivity contribution in [3.63, 3.8) is 0 Å². The largest absolute Gasteiger partial charge is 0.503 e. The van der Waals surface area contributed by atoms with Crippen LogP contribution in [0.25, 0.3) is 0 Å². The fraction of sp³-hybridized carbons (Fsp3) is 0.263. The fourth-order valence-electron chi connectivity index (χ4n) is 3.12. The first-order valence-corrected chi connectivity index (χ1v) is 8.91. The predicted octanol–water partition coefficient (Wildman–Crippen LogP) is 0.298. The maximum atomic E-state index is 13.0. The third-order valence-corrected chi connectivity index (χ3v) is 4.81. The highest BCUT2D eigenvalue weighted by Crippen LogP contribution is 2.29. The Hall–Kier alpha value is -3.73. The molecule has 4 N–H and O–H groups in total. The first kappa shape index (κ1) is 21.0. The molecule has 2 unspecified atom stereocenters. The van der Waals surface area contributed by atoms with E-state index in [0.717, 1.165) is 10.8 Å². The van der Waals surface area contributed by atoms with E-state index in [4.69, 9.17) is 0 Å². The molecule has 158 valence electrons. The molecule has 0 saturated heterocycles. The normalized spacial score (nSPS) is 18.0. The zero-order valence-corrected chi connectivity index (χ0v) is 16.0. The highest BCUT2D eigenvalue weighted by molar-refractivity contribution is 6.06. The van der Waals surface area contributed by atoms with Crippen molar-refractivity contribution < 1.29 is 29.0 Å². The summed E-state index contributed by atoms with van der Waals surface area (Å²) in [7, 11) is 1.25. The first-order chi connectivity index (χ1) is 14.2. The van der Waals surface area contributed by atoms with Gasteiger partial charge in [-0.15, -0.1) is 0 Å². The monoisotopic (exact) mass is 418 g/mol. The number of carbonyl (C=O) groups is 3. The van der Waals surface area contributed by atoms with Crippen LogP contribution >= 0.6 is 0 Å². The summed E-state index contributed by atoms with van der Waals surface area (Å²) < 4.78 is 14.1. The quantitative estimate of drug-likeness (QED) is 0.565. The SMILES string of the molecule is CNC(=O)N1C(=O)c2c(O)c(=O)c(C(=O)NCc3ccc(F)cc3)cn2C(C)C1O. The summed E-state index contributed by atoms with van der Waals surface area (Å²) in [5.74, 6) is -3.38. The van der Waals surface area contributed by atoms with Crippen LogP contribution in [-0.2, 0) is 6.54 Å². The molecule has 1 aliphatic heterocycles. The number of imide groups is 1. The molecule has 2 aromatic rings. The Morgan fingerprint density at radius 2 is 1.83 bits per heavy atom. The number of nitrogens with zero attached hydrogens (tertiary/aromatic N) is 2. The molecule has 0 aliphatic carbocycles. The van der Waals surface area contributed by atoms with Crippen LogP contribution in [0.15, 0.2) is 35.3 Å². The number of carbonyl (C=O) groups excluding carboxylic acids is 3. The third-order valence-electron chi connectivity index (χ3n) is 4.81. The van der Waals surface area contributed by atoms with Gasteiger partial charge in [-0.2, -0.15) is 0 Å². The minimum absolute atomic E-state index is 0.0113. The average molecular weight is 418 g/mol. The third kappa shape index (κ3) is 3.50. The molecule has 1 aliphatic rings. The van der Waals surface area contributed by atoms with Crippen molar-refractivity contribution in [1.29, 1.82) is 0 Å². The van der Waals surface area contributed by atoms with E-state index in [0.29, 0.717) is 10.5 Å². The number of rotatable bonds is 3. The van der Waals surface area contributed by atoms with Gasteiger partial charge in [-0.05, 0) is 24.6 Å². The zero-order valence-electron chi connectivity index (χ0n) is 16.0. The number of nitrogens with one attached hydrogen (secondary N) is 2. The highest BCUT2D eigenvalue weighted by Gasteiger charge is 2.42. The topological polar surface area (TPSA) is 141 Å². The Labute approximate surface area is 169 Å². The van der Waals surface area contributed by atoms with E-state index in [-0.39, 0.29) is 6.54 Å². The fourth-order valence-corrected chi connectivity index (χ4v) is 3.12. The molecule has 0 bridgehead atoms. The molecule has 1 aromatic carbocycles. The number of hydrogen-bond donors (Lipinski definition) is 4. The number of urea groups is 1. The summed E-state index contributed by atoms with van der Waals surface area (Å²) in [6.45, 7) is 1.43. The number of aromatic hydroxyl groups is 1. The smallest absolute Gasteiger partial charge is 0.326 e. The summed E-state index contributed by atoms with van der Waals surface area (Å²) in [6.07, 6.45) is -0.549. The summed E-state index contributed by atoms with van der Waals surface area (Å²) in [5.41, 5.74) is -1.51. The van der Waals surface area contributed by atoms with E-state index in [9.17, 15) is 33.8 Å². The molecule has 11 heteroatoms. The second-order valence-electron chi connectivity index (χ2n) is 6.67. The molecule has 1 aromatic heterocycles. The molecular weight excluding hydrogens is 399 g/mol. The van der Waals surface area contributed by atoms with Gasteiger partial charge in [-0.1, -0.05) is 12.1 Å². The van der Waals surface area contributed by atoms with E-state index in [2.05, 4.69) is 10.6 Å². The molecule has 3 rings (SSSR count). The van der Waals surface area contributed by atoms with Crippen molar-refractivity contribution in [3.8, 4) is 5.75 Å². The number of halogens is 1. The summed E-state index contributed by atoms with van der Waals surface area (Å²) in [5, 5.41) is 25.3. The second-order valence-corrected chi connectivity index (χ2v) is 6.67. The van der Waals surface area contributed by atoms with Gasteiger partial charge in [-0.3, -0.25) is 14.4 Å². The maximum absolute atomic E-state index is 13.0. The van der Waals surface area contributed by atoms with Gasteiger partial charge in [0.25, 0.3) is 11.8 Å². The molecule has 0 fully saturated rings. The predicted molar refractivity (Wildman–Crippen MR) is 101 cm³/mol. The number of benzene rings is 1. The van der Waals surface area contributed by atoms with Gasteiger partial charge in [0.15, 0.2) is 17.7 Å². The summed E-state index contributed by atoms with van der Waals surface area (Å²) >= 11 is 0. The van der Waals surface area contributed by atoms with Gasteiger partial charge in [0.05, 0.1) is 6.04 Å². The van der Waals surface area contributed by atoms with Crippen LogP contribution in [0.2, 0.25) is 0 Å². The molecular formula is C19H19FN4O6. The van der Waals surface area contributed by atoms with Crippen LogP contribution in [0.4, 0.5) is 9.18 Å². The van der Waals surface area contributed by atoms with Crippen LogP contribution < -0.4 is 16.1 Å². The van der Waals surface area contributed by atoms with E-state index >= 15 is 0 Å². The molecule has 30 heavy (non-hydrogen) atoms. The molecule has 4 amide bonds. The van der Waals surface area contributed by atoms with Crippen molar-refractivity contribution in [2.45, 2.75) is 25.7 Å². The molecule has 0 spiro atoms. The van der Waals surface area contributed by atoms with Crippen LogP contribution in [0.1, 0.15) is 39.4 Å². The lowest BCUT2D eigenvalue weighted by Gasteiger charge is -2.37. The number of amides is 4. The van der Waals surface area contributed by atoms with E-state index in [1.165, 1.54) is 38.2 Å². The first-order valence-electron chi connectivity index (χ1n) is 8.91. The van der Waals surface area contributed by atoms with Crippen molar-refractivity contribution in [2.24, 2.45) is 0 Å². The number of aliphatic hydroxyl groups excluding tert-OH is 1. The van der Waals surface area contributed by atoms with Crippen LogP contribution in [0.5, 0.6) is 5.75 Å². The van der Waals surface area contributed by atoms with Gasteiger partial charge in [0.1, 0.15) is 11.4 Å². The molecule has 10 nitrogen and oxygen atoms in total. The lowest BCUT2D eigenvalue weighted by atomic mass is 10.1. The Morgan fingerprint density at radius 1 is 1.20 bits per heavy atom. The minimum atomic E-state index is -1.60. The summed E-state index contributed by atoms with van der Waals surface area (Å²) in [4.78, 5) is 50.0. The number of fused-ring (bicyclic) bond motifs is 1. The maximum Gasteiger partial charge on any atom is 0.326 e. The van der Waals surface area contributed by atoms with E-state index < -0.39 is 58.4 Å². The highest BCUT2D eigenvalue weighted by atomic mass is 19.1. The lowest BCUT2D eigenvalue weighted by molar-refractivity contribution is -0.0106. The Balaban J connectivity index is 1.96. The van der Waals surface area contributed by atoms with Gasteiger partial charge in [0.2, 0.25) is 5.43 Å². The van der Waals surface area contributed by atoms with E-state index in [1.807, 2.05) is 0 Å². The van der Waals surface area contributed by atoms with Crippen molar-refractivity contribution in [2.75, 3.05) is 7.05 Å². The van der Waals surface area contributed by atoms with Gasteiger partial charge in [-0.25, -0.2) is 14.1 Å². The standard InChI is InChI=1S/C19H19FN4O6/c1-9-17(28)24(19(30)21-2)18(29)13-15(26)14(25)12(8-23(9)13)16(27)22-7-10-3-5-11(20)6-4-10/h3-6,8-9,17,26,28H,7H2,1-2H3,(H,21,30)(H,22,27). The molecule has 2 atom stereocenters. The summed E-state index contributed by atoms with van der Waals surface area (Å²) in [6, 6.07) is 3.47. The Kier molecular flexibility index (Phi) is 5.56. The van der Waals surface area contributed by atoms with Gasteiger partial charge in [0, 0.05) is 19.8 Å². The minimum Gasteiger partial charge on any atom is -0.503 e. The number of pyridine rings is 1. The van der Waals surface area contributed by atoms with Crippen LogP contribution in [-0.4, -0.2) is 50.8 Å². The molecule has 2 heterocycles. The number of hydrogen-bond acceptors (Lipinski definition) is 6. The van der Waals surface area contributed by atoms with Crippen molar-refractivity contribution >= 4 is 17.8 Å². The zero-order chi connectivity index (χ0) is 22.2. The van der Waals surface area contributed by atoms with Gasteiger partial charge >= 0.3 is 6.03 Å². The lowest BCUT2D eigenvalue weighted by Crippen LogP contribution is -2.56. The van der Waals surface area contributed by atoms with Crippen LogP contribution in [0, 0.1) is 5.82 Å². The van der Waals surface area contributed by atoms with Crippen molar-refractivity contribution in [3.05, 3.63) is 63.3 Å². The second kappa shape index (κ2) is 7.95. The average Bonchev–Trinajstić information content (AvgIpc) is 2.73. The van der Waals surface area contributed by atoms with Gasteiger partial charge < -0.3 is 25.4 Å². The Bertz CT molecular complexity index is 1080.